The Kier molecular flexibility index (Phi) is 5.16. The van der Waals surface area contributed by atoms with E-state index >= 15 is 0 Å². The number of thiazole rings is 1. The highest BCUT2D eigenvalue weighted by Gasteiger charge is 2.13. The van der Waals surface area contributed by atoms with Gasteiger partial charge in [-0.2, -0.15) is 5.10 Å². The quantitative estimate of drug-likeness (QED) is 0.526. The molecule has 1 amide bonds. The van der Waals surface area contributed by atoms with Crippen molar-refractivity contribution >= 4 is 17.2 Å². The minimum Gasteiger partial charge on any atom is -0.508 e. The van der Waals surface area contributed by atoms with Crippen molar-refractivity contribution in [1.29, 1.82) is 0 Å². The molecule has 0 aliphatic heterocycles. The first-order valence-electron chi connectivity index (χ1n) is 8.81. The lowest BCUT2D eigenvalue weighted by Crippen LogP contribution is -2.25. The number of carbonyl (C=O) groups excluding carboxylic acids is 1. The van der Waals surface area contributed by atoms with Crippen molar-refractivity contribution in [3.63, 3.8) is 0 Å². The van der Waals surface area contributed by atoms with Crippen molar-refractivity contribution in [2.24, 2.45) is 0 Å². The number of rotatable bonds is 6. The van der Waals surface area contributed by atoms with E-state index in [0.717, 1.165) is 21.8 Å². The lowest BCUT2D eigenvalue weighted by Gasteiger charge is -2.04. The minimum absolute atomic E-state index is 0.210. The third-order valence-corrected chi connectivity index (χ3v) is 5.09. The SMILES string of the molecule is O=C(NCCc1cccc(O)c1)c1csc(-c2cnn(-c3ccccc3)c2)n1. The molecule has 0 saturated carbocycles. The van der Waals surface area contributed by atoms with Crippen LogP contribution in [0.1, 0.15) is 16.1 Å². The topological polar surface area (TPSA) is 80.0 Å². The number of carbonyl (C=O) groups is 1. The Morgan fingerprint density at radius 1 is 1.14 bits per heavy atom. The Morgan fingerprint density at radius 2 is 2.00 bits per heavy atom. The molecule has 140 valence electrons. The molecule has 0 spiro atoms. The molecule has 2 aromatic heterocycles. The van der Waals surface area contributed by atoms with E-state index in [1.54, 1.807) is 34.5 Å². The van der Waals surface area contributed by atoms with Crippen molar-refractivity contribution in [2.45, 2.75) is 6.42 Å². The van der Waals surface area contributed by atoms with Crippen LogP contribution in [0.2, 0.25) is 0 Å². The number of hydrogen-bond donors (Lipinski definition) is 2. The molecule has 2 heterocycles. The predicted octanol–water partition coefficient (Wildman–Crippen LogP) is 3.67. The van der Waals surface area contributed by atoms with Crippen LogP contribution in [-0.2, 0) is 6.42 Å². The zero-order valence-corrected chi connectivity index (χ0v) is 15.8. The molecule has 0 radical (unpaired) electrons. The van der Waals surface area contributed by atoms with Crippen LogP contribution in [0.3, 0.4) is 0 Å². The zero-order valence-electron chi connectivity index (χ0n) is 14.9. The second kappa shape index (κ2) is 8.06. The third kappa shape index (κ3) is 4.10. The molecule has 0 atom stereocenters. The predicted molar refractivity (Wildman–Crippen MR) is 109 cm³/mol. The summed E-state index contributed by atoms with van der Waals surface area (Å²) in [4.78, 5) is 16.8. The summed E-state index contributed by atoms with van der Waals surface area (Å²) in [5.41, 5.74) is 3.19. The fourth-order valence-electron chi connectivity index (χ4n) is 2.79. The summed E-state index contributed by atoms with van der Waals surface area (Å²) in [5, 5.41) is 19.2. The summed E-state index contributed by atoms with van der Waals surface area (Å²) >= 11 is 1.41. The van der Waals surface area contributed by atoms with E-state index in [0.29, 0.717) is 18.7 Å². The monoisotopic (exact) mass is 390 g/mol. The van der Waals surface area contributed by atoms with Crippen molar-refractivity contribution in [1.82, 2.24) is 20.1 Å². The summed E-state index contributed by atoms with van der Waals surface area (Å²) < 4.78 is 1.78. The van der Waals surface area contributed by atoms with E-state index < -0.39 is 0 Å². The highest BCUT2D eigenvalue weighted by atomic mass is 32.1. The number of amides is 1. The van der Waals surface area contributed by atoms with Crippen molar-refractivity contribution in [3.8, 4) is 22.0 Å². The van der Waals surface area contributed by atoms with E-state index in [1.165, 1.54) is 11.3 Å². The molecule has 0 fully saturated rings. The fraction of sp³-hybridized carbons (Fsp3) is 0.0952. The van der Waals surface area contributed by atoms with Gasteiger partial charge in [0, 0.05) is 23.7 Å². The Bertz CT molecular complexity index is 1090. The highest BCUT2D eigenvalue weighted by molar-refractivity contribution is 7.13. The number of nitrogens with zero attached hydrogens (tertiary/aromatic N) is 3. The van der Waals surface area contributed by atoms with Crippen LogP contribution in [-0.4, -0.2) is 32.3 Å². The molecule has 4 rings (SSSR count). The van der Waals surface area contributed by atoms with Gasteiger partial charge in [-0.1, -0.05) is 30.3 Å². The average Bonchev–Trinajstić information content (AvgIpc) is 3.38. The van der Waals surface area contributed by atoms with Crippen LogP contribution in [0, 0.1) is 0 Å². The molecule has 2 aromatic carbocycles. The Balaban J connectivity index is 1.39. The number of phenols is 1. The first-order chi connectivity index (χ1) is 13.7. The Morgan fingerprint density at radius 3 is 2.82 bits per heavy atom. The number of hydrogen-bond acceptors (Lipinski definition) is 5. The van der Waals surface area contributed by atoms with Crippen LogP contribution in [0.25, 0.3) is 16.3 Å². The zero-order chi connectivity index (χ0) is 19.3. The van der Waals surface area contributed by atoms with E-state index in [4.69, 9.17) is 0 Å². The third-order valence-electron chi connectivity index (χ3n) is 4.20. The average molecular weight is 390 g/mol. The number of para-hydroxylation sites is 1. The van der Waals surface area contributed by atoms with Gasteiger partial charge in [0.25, 0.3) is 5.91 Å². The maximum Gasteiger partial charge on any atom is 0.270 e. The van der Waals surface area contributed by atoms with Crippen LogP contribution in [0.4, 0.5) is 0 Å². The van der Waals surface area contributed by atoms with Crippen molar-refractivity contribution in [2.75, 3.05) is 6.54 Å². The van der Waals surface area contributed by atoms with Gasteiger partial charge >= 0.3 is 0 Å². The van der Waals surface area contributed by atoms with Gasteiger partial charge < -0.3 is 10.4 Å². The first-order valence-corrected chi connectivity index (χ1v) is 9.69. The highest BCUT2D eigenvalue weighted by Crippen LogP contribution is 2.24. The normalized spacial score (nSPS) is 10.7. The van der Waals surface area contributed by atoms with Crippen molar-refractivity contribution < 1.29 is 9.90 Å². The minimum atomic E-state index is -0.210. The van der Waals surface area contributed by atoms with Gasteiger partial charge in [0.2, 0.25) is 0 Å². The number of aromatic hydroxyl groups is 1. The molecule has 0 unspecified atom stereocenters. The lowest BCUT2D eigenvalue weighted by atomic mass is 10.1. The summed E-state index contributed by atoms with van der Waals surface area (Å²) in [7, 11) is 0. The summed E-state index contributed by atoms with van der Waals surface area (Å²) in [5.74, 6) is 0.0159. The molecule has 0 aliphatic rings. The summed E-state index contributed by atoms with van der Waals surface area (Å²) in [6, 6.07) is 16.8. The van der Waals surface area contributed by atoms with E-state index in [-0.39, 0.29) is 11.7 Å². The maximum absolute atomic E-state index is 12.3. The van der Waals surface area contributed by atoms with Gasteiger partial charge in [-0.3, -0.25) is 4.79 Å². The largest absolute Gasteiger partial charge is 0.508 e. The maximum atomic E-state index is 12.3. The number of phenolic OH excluding ortho intramolecular Hbond substituents is 1. The molecule has 0 aliphatic carbocycles. The lowest BCUT2D eigenvalue weighted by molar-refractivity contribution is 0.0950. The van der Waals surface area contributed by atoms with Gasteiger partial charge in [-0.25, -0.2) is 9.67 Å². The van der Waals surface area contributed by atoms with Crippen molar-refractivity contribution in [3.05, 3.63) is 83.6 Å². The fourth-order valence-corrected chi connectivity index (χ4v) is 3.56. The molecule has 2 N–H and O–H groups in total. The second-order valence-corrected chi connectivity index (χ2v) is 7.08. The Hall–Kier alpha value is -3.45. The van der Waals surface area contributed by atoms with Gasteiger partial charge in [0.15, 0.2) is 0 Å². The van der Waals surface area contributed by atoms with Crippen LogP contribution >= 0.6 is 11.3 Å². The van der Waals surface area contributed by atoms with Gasteiger partial charge in [0.1, 0.15) is 16.5 Å². The number of aromatic nitrogens is 3. The standard InChI is InChI=1S/C21H18N4O2S/c26-18-8-4-5-15(11-18)9-10-22-20(27)19-14-28-21(24-19)16-12-23-25(13-16)17-6-2-1-3-7-17/h1-8,11-14,26H,9-10H2,(H,22,27). The van der Waals surface area contributed by atoms with Gasteiger partial charge in [0.05, 0.1) is 11.9 Å². The van der Waals surface area contributed by atoms with Gasteiger partial charge in [-0.05, 0) is 36.2 Å². The number of benzene rings is 2. The molecule has 28 heavy (non-hydrogen) atoms. The smallest absolute Gasteiger partial charge is 0.270 e. The molecule has 0 saturated heterocycles. The molecular weight excluding hydrogens is 372 g/mol. The number of nitrogens with one attached hydrogen (secondary N) is 1. The second-order valence-electron chi connectivity index (χ2n) is 6.22. The summed E-state index contributed by atoms with van der Waals surface area (Å²) in [6.45, 7) is 0.473. The first kappa shape index (κ1) is 17.9. The molecule has 4 aromatic rings. The van der Waals surface area contributed by atoms with E-state index in [9.17, 15) is 9.90 Å². The molecule has 7 heteroatoms. The van der Waals surface area contributed by atoms with Gasteiger partial charge in [-0.15, -0.1) is 11.3 Å². The summed E-state index contributed by atoms with van der Waals surface area (Å²) in [6.07, 6.45) is 4.29. The molecular formula is C21H18N4O2S. The molecule has 6 nitrogen and oxygen atoms in total. The van der Waals surface area contributed by atoms with Crippen LogP contribution < -0.4 is 5.32 Å². The molecule has 0 bridgehead atoms. The van der Waals surface area contributed by atoms with E-state index in [2.05, 4.69) is 15.4 Å². The van der Waals surface area contributed by atoms with Crippen LogP contribution in [0.15, 0.2) is 72.4 Å². The Labute approximate surface area is 166 Å². The van der Waals surface area contributed by atoms with E-state index in [1.807, 2.05) is 42.6 Å². The van der Waals surface area contributed by atoms with Crippen LogP contribution in [0.5, 0.6) is 5.75 Å².